The Balaban J connectivity index is 1.86. The van der Waals surface area contributed by atoms with Crippen molar-refractivity contribution >= 4 is 11.9 Å². The number of carbonyl (C=O) groups is 2. The molecule has 8 heteroatoms. The Labute approximate surface area is 171 Å². The second-order valence-electron chi connectivity index (χ2n) is 8.17. The smallest absolute Gasteiger partial charge is 0.303 e. The van der Waals surface area contributed by atoms with Crippen molar-refractivity contribution in [2.45, 2.75) is 59.3 Å². The number of aliphatic carboxylic acids is 1. The van der Waals surface area contributed by atoms with Crippen molar-refractivity contribution in [1.29, 1.82) is 0 Å². The highest BCUT2D eigenvalue weighted by Crippen LogP contribution is 2.25. The van der Waals surface area contributed by atoms with Gasteiger partial charge in [0.25, 0.3) is 11.9 Å². The average molecular weight is 399 g/mol. The van der Waals surface area contributed by atoms with Crippen LogP contribution in [0.25, 0.3) is 5.95 Å². The van der Waals surface area contributed by atoms with Crippen molar-refractivity contribution in [1.82, 2.24) is 24.6 Å². The van der Waals surface area contributed by atoms with Gasteiger partial charge in [-0.05, 0) is 51.0 Å². The Kier molecular flexibility index (Phi) is 6.30. The first-order chi connectivity index (χ1) is 13.7. The molecule has 0 aliphatic carbocycles. The summed E-state index contributed by atoms with van der Waals surface area (Å²) < 4.78 is 1.59. The number of aryl methyl sites for hydroxylation is 2. The van der Waals surface area contributed by atoms with Gasteiger partial charge in [0.1, 0.15) is 0 Å². The molecule has 1 fully saturated rings. The fraction of sp³-hybridized carbons (Fsp3) is 0.571. The van der Waals surface area contributed by atoms with Gasteiger partial charge in [0, 0.05) is 37.1 Å². The third kappa shape index (κ3) is 4.99. The van der Waals surface area contributed by atoms with Gasteiger partial charge in [0.15, 0.2) is 0 Å². The minimum absolute atomic E-state index is 0.0515. The molecule has 0 spiro atoms. The SMILES string of the molecule is Cc1cc(C)nc(-n2cc(C(=O)N3CCC[C@H](CCC(=O)O)C3)c(C(C)C)n2)n1. The lowest BCUT2D eigenvalue weighted by atomic mass is 9.93. The van der Waals surface area contributed by atoms with E-state index in [1.807, 2.05) is 38.7 Å². The Bertz CT molecular complexity index is 885. The molecule has 1 saturated heterocycles. The van der Waals surface area contributed by atoms with Crippen LogP contribution in [0.3, 0.4) is 0 Å². The van der Waals surface area contributed by atoms with Crippen LogP contribution in [-0.4, -0.2) is 54.7 Å². The Hall–Kier alpha value is -2.77. The molecular formula is C21H29N5O3. The van der Waals surface area contributed by atoms with Gasteiger partial charge in [-0.3, -0.25) is 9.59 Å². The van der Waals surface area contributed by atoms with Crippen LogP contribution in [0.5, 0.6) is 0 Å². The van der Waals surface area contributed by atoms with Crippen LogP contribution in [0, 0.1) is 19.8 Å². The predicted octanol–water partition coefficient (Wildman–Crippen LogP) is 3.12. The van der Waals surface area contributed by atoms with Crippen molar-refractivity contribution in [3.05, 3.63) is 34.9 Å². The Morgan fingerprint density at radius 3 is 2.55 bits per heavy atom. The van der Waals surface area contributed by atoms with E-state index in [1.54, 1.807) is 10.9 Å². The van der Waals surface area contributed by atoms with Gasteiger partial charge in [-0.1, -0.05) is 13.8 Å². The first-order valence-electron chi connectivity index (χ1n) is 10.2. The fourth-order valence-corrected chi connectivity index (χ4v) is 3.87. The summed E-state index contributed by atoms with van der Waals surface area (Å²) in [5.74, 6) is -0.0751. The van der Waals surface area contributed by atoms with Gasteiger partial charge < -0.3 is 10.0 Å². The van der Waals surface area contributed by atoms with Crippen molar-refractivity contribution in [2.24, 2.45) is 5.92 Å². The molecule has 0 unspecified atom stereocenters. The average Bonchev–Trinajstić information content (AvgIpc) is 3.11. The zero-order valence-electron chi connectivity index (χ0n) is 17.6. The highest BCUT2D eigenvalue weighted by atomic mass is 16.4. The third-order valence-corrected chi connectivity index (χ3v) is 5.27. The van der Waals surface area contributed by atoms with Gasteiger partial charge >= 0.3 is 5.97 Å². The molecule has 2 aromatic heterocycles. The maximum absolute atomic E-state index is 13.3. The van der Waals surface area contributed by atoms with Crippen LogP contribution in [0.4, 0.5) is 0 Å². The van der Waals surface area contributed by atoms with Crippen LogP contribution in [0.15, 0.2) is 12.3 Å². The summed E-state index contributed by atoms with van der Waals surface area (Å²) in [6.07, 6.45) is 4.33. The molecule has 2 aromatic rings. The maximum Gasteiger partial charge on any atom is 0.303 e. The zero-order chi connectivity index (χ0) is 21.1. The van der Waals surface area contributed by atoms with E-state index in [9.17, 15) is 9.59 Å². The topological polar surface area (TPSA) is 101 Å². The summed E-state index contributed by atoms with van der Waals surface area (Å²) >= 11 is 0. The minimum atomic E-state index is -0.787. The van der Waals surface area contributed by atoms with Gasteiger partial charge in [-0.25, -0.2) is 14.6 Å². The Morgan fingerprint density at radius 1 is 1.24 bits per heavy atom. The van der Waals surface area contributed by atoms with Gasteiger partial charge in [-0.2, -0.15) is 5.10 Å². The van der Waals surface area contributed by atoms with Crippen LogP contribution in [0.2, 0.25) is 0 Å². The molecule has 0 saturated carbocycles. The van der Waals surface area contributed by atoms with Crippen LogP contribution in [0.1, 0.15) is 72.9 Å². The molecule has 1 aliphatic heterocycles. The van der Waals surface area contributed by atoms with Crippen molar-refractivity contribution < 1.29 is 14.7 Å². The molecule has 3 rings (SSSR count). The molecule has 0 bridgehead atoms. The van der Waals surface area contributed by atoms with Gasteiger partial charge in [0.05, 0.1) is 11.3 Å². The van der Waals surface area contributed by atoms with E-state index in [4.69, 9.17) is 5.11 Å². The molecule has 1 amide bonds. The van der Waals surface area contributed by atoms with E-state index in [-0.39, 0.29) is 24.2 Å². The number of aromatic nitrogens is 4. The lowest BCUT2D eigenvalue weighted by molar-refractivity contribution is -0.137. The molecule has 1 aliphatic rings. The molecule has 0 radical (unpaired) electrons. The number of hydrogen-bond donors (Lipinski definition) is 1. The van der Waals surface area contributed by atoms with E-state index in [0.29, 0.717) is 31.0 Å². The van der Waals surface area contributed by atoms with Crippen LogP contribution in [-0.2, 0) is 4.79 Å². The van der Waals surface area contributed by atoms with Crippen molar-refractivity contribution in [3.8, 4) is 5.95 Å². The van der Waals surface area contributed by atoms with E-state index in [2.05, 4.69) is 15.1 Å². The molecule has 1 atom stereocenters. The van der Waals surface area contributed by atoms with E-state index < -0.39 is 5.97 Å². The molecule has 8 nitrogen and oxygen atoms in total. The monoisotopic (exact) mass is 399 g/mol. The summed E-state index contributed by atoms with van der Waals surface area (Å²) in [6, 6.07) is 1.90. The van der Waals surface area contributed by atoms with Gasteiger partial charge in [0.2, 0.25) is 0 Å². The van der Waals surface area contributed by atoms with Crippen LogP contribution >= 0.6 is 0 Å². The lowest BCUT2D eigenvalue weighted by Gasteiger charge is -2.32. The summed E-state index contributed by atoms with van der Waals surface area (Å²) in [6.45, 7) is 9.11. The molecule has 156 valence electrons. The number of amides is 1. The number of likely N-dealkylation sites (tertiary alicyclic amines) is 1. The second-order valence-corrected chi connectivity index (χ2v) is 8.17. The second kappa shape index (κ2) is 8.71. The number of carbonyl (C=O) groups excluding carboxylic acids is 1. The van der Waals surface area contributed by atoms with Crippen LogP contribution < -0.4 is 0 Å². The standard InChI is InChI=1S/C21H29N5O3/c1-13(2)19-17(12-26(24-19)21-22-14(3)10-15(4)23-21)20(29)25-9-5-6-16(11-25)7-8-18(27)28/h10,12-13,16H,5-9,11H2,1-4H3,(H,27,28)/t16-/m1/s1. The number of carboxylic acid groups (broad SMARTS) is 1. The first kappa shape index (κ1) is 21.0. The normalized spacial score (nSPS) is 17.0. The lowest BCUT2D eigenvalue weighted by Crippen LogP contribution is -2.40. The van der Waals surface area contributed by atoms with Crippen molar-refractivity contribution in [2.75, 3.05) is 13.1 Å². The third-order valence-electron chi connectivity index (χ3n) is 5.27. The highest BCUT2D eigenvalue weighted by molar-refractivity contribution is 5.95. The largest absolute Gasteiger partial charge is 0.481 e. The maximum atomic E-state index is 13.3. The fourth-order valence-electron chi connectivity index (χ4n) is 3.87. The first-order valence-corrected chi connectivity index (χ1v) is 10.2. The molecule has 0 aromatic carbocycles. The van der Waals surface area contributed by atoms with E-state index in [0.717, 1.165) is 29.9 Å². The van der Waals surface area contributed by atoms with E-state index >= 15 is 0 Å². The summed E-state index contributed by atoms with van der Waals surface area (Å²) in [5.41, 5.74) is 2.99. The minimum Gasteiger partial charge on any atom is -0.481 e. The Morgan fingerprint density at radius 2 is 1.93 bits per heavy atom. The number of piperidine rings is 1. The zero-order valence-corrected chi connectivity index (χ0v) is 17.6. The number of nitrogens with zero attached hydrogens (tertiary/aromatic N) is 5. The molecule has 1 N–H and O–H groups in total. The number of rotatable bonds is 6. The summed E-state index contributed by atoms with van der Waals surface area (Å²) in [7, 11) is 0. The predicted molar refractivity (Wildman–Crippen MR) is 108 cm³/mol. The summed E-state index contributed by atoms with van der Waals surface area (Å²) in [5, 5.41) is 13.6. The number of hydrogen-bond acceptors (Lipinski definition) is 5. The number of carboxylic acids is 1. The highest BCUT2D eigenvalue weighted by Gasteiger charge is 2.29. The molecule has 3 heterocycles. The molecular weight excluding hydrogens is 370 g/mol. The summed E-state index contributed by atoms with van der Waals surface area (Å²) in [4.78, 5) is 34.9. The van der Waals surface area contributed by atoms with E-state index in [1.165, 1.54) is 0 Å². The van der Waals surface area contributed by atoms with Gasteiger partial charge in [-0.15, -0.1) is 0 Å². The molecule has 29 heavy (non-hydrogen) atoms. The van der Waals surface area contributed by atoms with Crippen molar-refractivity contribution in [3.63, 3.8) is 0 Å². The quantitative estimate of drug-likeness (QED) is 0.801.